The zero-order valence-electron chi connectivity index (χ0n) is 15.1. The van der Waals surface area contributed by atoms with Crippen molar-refractivity contribution in [2.45, 2.75) is 26.0 Å². The Kier molecular flexibility index (Phi) is 7.96. The molecule has 1 aliphatic heterocycles. The molecular weight excluding hydrogens is 340 g/mol. The van der Waals surface area contributed by atoms with Gasteiger partial charge < -0.3 is 20.5 Å². The Hall–Kier alpha value is -1.34. The number of hydrogen-bond donors (Lipinski definition) is 3. The number of benzene rings is 1. The molecule has 1 atom stereocenters. The standard InChI is InChI=1S/C18H29ClN4O2/c1-3-20-17(21-12-15-6-4-5-7-16(15)19)22-13-18(2,24)14-23-8-10-25-11-9-23/h4-7,24H,3,8-14H2,1-2H3,(H2,20,21,22). The molecule has 1 heterocycles. The third kappa shape index (κ3) is 7.20. The predicted octanol–water partition coefficient (Wildman–Crippen LogP) is 1.48. The minimum absolute atomic E-state index is 0.415. The maximum absolute atomic E-state index is 10.7. The van der Waals surface area contributed by atoms with Crippen LogP contribution in [0.4, 0.5) is 0 Å². The van der Waals surface area contributed by atoms with Crippen LogP contribution in [0.25, 0.3) is 0 Å². The zero-order chi connectivity index (χ0) is 18.1. The number of guanidine groups is 1. The number of aliphatic imine (C=N–C) groups is 1. The van der Waals surface area contributed by atoms with Gasteiger partial charge in [0.15, 0.2) is 5.96 Å². The first-order valence-electron chi connectivity index (χ1n) is 8.78. The second kappa shape index (κ2) is 9.97. The van der Waals surface area contributed by atoms with Crippen LogP contribution < -0.4 is 10.6 Å². The molecule has 25 heavy (non-hydrogen) atoms. The summed E-state index contributed by atoms with van der Waals surface area (Å²) in [5.74, 6) is 0.671. The number of rotatable bonds is 7. The van der Waals surface area contributed by atoms with Gasteiger partial charge in [0.1, 0.15) is 0 Å². The summed E-state index contributed by atoms with van der Waals surface area (Å²) in [6.45, 7) is 9.28. The summed E-state index contributed by atoms with van der Waals surface area (Å²) in [5, 5.41) is 17.8. The van der Waals surface area contributed by atoms with Gasteiger partial charge in [0.05, 0.1) is 25.4 Å². The number of halogens is 1. The van der Waals surface area contributed by atoms with Crippen LogP contribution in [0.5, 0.6) is 0 Å². The fourth-order valence-electron chi connectivity index (χ4n) is 2.70. The molecule has 0 radical (unpaired) electrons. The van der Waals surface area contributed by atoms with E-state index in [1.165, 1.54) is 0 Å². The van der Waals surface area contributed by atoms with E-state index in [2.05, 4.69) is 20.5 Å². The highest BCUT2D eigenvalue weighted by Gasteiger charge is 2.25. The lowest BCUT2D eigenvalue weighted by Crippen LogP contribution is -2.52. The molecular formula is C18H29ClN4O2. The van der Waals surface area contributed by atoms with E-state index in [1.54, 1.807) is 0 Å². The maximum Gasteiger partial charge on any atom is 0.191 e. The van der Waals surface area contributed by atoms with E-state index >= 15 is 0 Å². The monoisotopic (exact) mass is 368 g/mol. The normalized spacial score (nSPS) is 18.6. The van der Waals surface area contributed by atoms with E-state index in [4.69, 9.17) is 16.3 Å². The SMILES string of the molecule is CCNC(=NCc1ccccc1Cl)NCC(C)(O)CN1CCOCC1. The van der Waals surface area contributed by atoms with Crippen molar-refractivity contribution in [3.05, 3.63) is 34.9 Å². The summed E-state index contributed by atoms with van der Waals surface area (Å²) in [7, 11) is 0. The quantitative estimate of drug-likeness (QED) is 0.502. The minimum atomic E-state index is -0.849. The predicted molar refractivity (Wildman–Crippen MR) is 102 cm³/mol. The van der Waals surface area contributed by atoms with Gasteiger partial charge in [-0.15, -0.1) is 0 Å². The van der Waals surface area contributed by atoms with Crippen molar-refractivity contribution in [2.75, 3.05) is 45.9 Å². The molecule has 0 amide bonds. The van der Waals surface area contributed by atoms with E-state index in [0.29, 0.717) is 30.6 Å². The molecule has 0 spiro atoms. The van der Waals surface area contributed by atoms with Crippen molar-refractivity contribution in [3.63, 3.8) is 0 Å². The van der Waals surface area contributed by atoms with Crippen LogP contribution in [0.2, 0.25) is 5.02 Å². The smallest absolute Gasteiger partial charge is 0.191 e. The fourth-order valence-corrected chi connectivity index (χ4v) is 2.90. The van der Waals surface area contributed by atoms with Gasteiger partial charge in [-0.25, -0.2) is 4.99 Å². The van der Waals surface area contributed by atoms with Gasteiger partial charge in [-0.3, -0.25) is 4.90 Å². The molecule has 0 bridgehead atoms. The van der Waals surface area contributed by atoms with E-state index < -0.39 is 5.60 Å². The van der Waals surface area contributed by atoms with E-state index in [-0.39, 0.29) is 0 Å². The summed E-state index contributed by atoms with van der Waals surface area (Å²) >= 11 is 6.18. The van der Waals surface area contributed by atoms with E-state index in [1.807, 2.05) is 38.1 Å². The summed E-state index contributed by atoms with van der Waals surface area (Å²) in [4.78, 5) is 6.78. The summed E-state index contributed by atoms with van der Waals surface area (Å²) in [6, 6.07) is 7.68. The van der Waals surface area contributed by atoms with Crippen LogP contribution >= 0.6 is 11.6 Å². The first-order valence-corrected chi connectivity index (χ1v) is 9.16. The summed E-state index contributed by atoms with van der Waals surface area (Å²) < 4.78 is 5.35. The number of β-amino-alcohol motifs (C(OH)–C–C–N with tert-alkyl or cyclic N) is 1. The minimum Gasteiger partial charge on any atom is -0.387 e. The molecule has 1 saturated heterocycles. The van der Waals surface area contributed by atoms with Crippen molar-refractivity contribution in [1.82, 2.24) is 15.5 Å². The van der Waals surface area contributed by atoms with Crippen LogP contribution in [0.1, 0.15) is 19.4 Å². The molecule has 2 rings (SSSR count). The topological polar surface area (TPSA) is 69.1 Å². The second-order valence-electron chi connectivity index (χ2n) is 6.53. The summed E-state index contributed by atoms with van der Waals surface area (Å²) in [6.07, 6.45) is 0. The highest BCUT2D eigenvalue weighted by molar-refractivity contribution is 6.31. The largest absolute Gasteiger partial charge is 0.387 e. The lowest BCUT2D eigenvalue weighted by Gasteiger charge is -2.34. The first kappa shape index (κ1) is 20.0. The average molecular weight is 369 g/mol. The Morgan fingerprint density at radius 2 is 2.04 bits per heavy atom. The summed E-state index contributed by atoms with van der Waals surface area (Å²) in [5.41, 5.74) is 0.124. The van der Waals surface area contributed by atoms with Crippen molar-refractivity contribution < 1.29 is 9.84 Å². The van der Waals surface area contributed by atoms with Crippen LogP contribution in [-0.4, -0.2) is 67.5 Å². The second-order valence-corrected chi connectivity index (χ2v) is 6.93. The Morgan fingerprint density at radius 3 is 2.72 bits per heavy atom. The molecule has 6 nitrogen and oxygen atoms in total. The lowest BCUT2D eigenvalue weighted by atomic mass is 10.1. The molecule has 3 N–H and O–H groups in total. The maximum atomic E-state index is 10.7. The number of morpholine rings is 1. The number of aliphatic hydroxyl groups is 1. The molecule has 1 unspecified atom stereocenters. The molecule has 0 saturated carbocycles. The number of nitrogens with one attached hydrogen (secondary N) is 2. The van der Waals surface area contributed by atoms with Gasteiger partial charge in [-0.2, -0.15) is 0 Å². The average Bonchev–Trinajstić information content (AvgIpc) is 2.59. The molecule has 1 aromatic rings. The van der Waals surface area contributed by atoms with Crippen molar-refractivity contribution in [2.24, 2.45) is 4.99 Å². The van der Waals surface area contributed by atoms with Gasteiger partial charge in [-0.1, -0.05) is 29.8 Å². The number of ether oxygens (including phenoxy) is 1. The van der Waals surface area contributed by atoms with Crippen LogP contribution in [0.3, 0.4) is 0 Å². The first-order chi connectivity index (χ1) is 12.0. The Morgan fingerprint density at radius 1 is 1.32 bits per heavy atom. The molecule has 1 aliphatic rings. The molecule has 7 heteroatoms. The van der Waals surface area contributed by atoms with Gasteiger partial charge in [-0.05, 0) is 25.5 Å². The van der Waals surface area contributed by atoms with Gasteiger partial charge >= 0.3 is 0 Å². The Balaban J connectivity index is 1.89. The zero-order valence-corrected chi connectivity index (χ0v) is 15.9. The number of nitrogens with zero attached hydrogens (tertiary/aromatic N) is 2. The van der Waals surface area contributed by atoms with Crippen LogP contribution in [0.15, 0.2) is 29.3 Å². The van der Waals surface area contributed by atoms with Gasteiger partial charge in [0.2, 0.25) is 0 Å². The molecule has 0 aliphatic carbocycles. The molecule has 0 aromatic heterocycles. The third-order valence-corrected chi connectivity index (χ3v) is 4.38. The van der Waals surface area contributed by atoms with Crippen LogP contribution in [0, 0.1) is 0 Å². The molecule has 1 fully saturated rings. The molecule has 1 aromatic carbocycles. The highest BCUT2D eigenvalue weighted by Crippen LogP contribution is 2.15. The van der Waals surface area contributed by atoms with E-state index in [0.717, 1.165) is 38.4 Å². The van der Waals surface area contributed by atoms with Crippen molar-refractivity contribution >= 4 is 17.6 Å². The Labute approximate surface area is 155 Å². The lowest BCUT2D eigenvalue weighted by molar-refractivity contribution is -0.0201. The van der Waals surface area contributed by atoms with E-state index in [9.17, 15) is 5.11 Å². The van der Waals surface area contributed by atoms with Gasteiger partial charge in [0.25, 0.3) is 0 Å². The fraction of sp³-hybridized carbons (Fsp3) is 0.611. The molecule has 140 valence electrons. The van der Waals surface area contributed by atoms with Crippen molar-refractivity contribution in [3.8, 4) is 0 Å². The Bertz CT molecular complexity index is 560. The third-order valence-electron chi connectivity index (χ3n) is 4.01. The highest BCUT2D eigenvalue weighted by atomic mass is 35.5. The number of hydrogen-bond acceptors (Lipinski definition) is 4. The van der Waals surface area contributed by atoms with Crippen LogP contribution in [-0.2, 0) is 11.3 Å². The van der Waals surface area contributed by atoms with Crippen molar-refractivity contribution in [1.29, 1.82) is 0 Å². The van der Waals surface area contributed by atoms with Gasteiger partial charge in [0, 0.05) is 37.7 Å².